The zero-order valence-electron chi connectivity index (χ0n) is 15.5. The fraction of sp³-hybridized carbons (Fsp3) is 0.524. The first kappa shape index (κ1) is 22.5. The van der Waals surface area contributed by atoms with E-state index < -0.39 is 0 Å². The van der Waals surface area contributed by atoms with Gasteiger partial charge in [0.05, 0.1) is 7.11 Å². The molecule has 0 saturated carbocycles. The van der Waals surface area contributed by atoms with Gasteiger partial charge in [-0.1, -0.05) is 37.2 Å². The van der Waals surface area contributed by atoms with Crippen LogP contribution in [0.5, 0.6) is 0 Å². The Morgan fingerprint density at radius 3 is 2.28 bits per heavy atom. The number of carbonyl (C=O) groups is 2. The van der Waals surface area contributed by atoms with E-state index in [0.29, 0.717) is 6.42 Å². The lowest BCUT2D eigenvalue weighted by atomic mass is 10.1. The third-order valence-electron chi connectivity index (χ3n) is 3.27. The minimum Gasteiger partial charge on any atom is -0.469 e. The maximum Gasteiger partial charge on any atom is 0.305 e. The molecule has 0 N–H and O–H groups in total. The van der Waals surface area contributed by atoms with Crippen LogP contribution in [0, 0.1) is 23.7 Å². The molecule has 0 aromatic carbocycles. The number of hydrogen-bond donors (Lipinski definition) is 0. The van der Waals surface area contributed by atoms with Crippen molar-refractivity contribution in [3.63, 3.8) is 0 Å². The second-order valence-corrected chi connectivity index (χ2v) is 5.43. The molecule has 0 heterocycles. The van der Waals surface area contributed by atoms with Crippen molar-refractivity contribution in [1.29, 1.82) is 0 Å². The van der Waals surface area contributed by atoms with Gasteiger partial charge in [-0.3, -0.25) is 9.59 Å². The summed E-state index contributed by atoms with van der Waals surface area (Å²) in [4.78, 5) is 22.2. The number of carbonyl (C=O) groups excluding carboxylic acids is 2. The zero-order valence-corrected chi connectivity index (χ0v) is 15.5. The van der Waals surface area contributed by atoms with Crippen molar-refractivity contribution in [2.75, 3.05) is 7.11 Å². The Bertz CT molecular complexity index is 564. The van der Waals surface area contributed by atoms with Crippen LogP contribution in [0.2, 0.25) is 0 Å². The van der Waals surface area contributed by atoms with E-state index in [1.54, 1.807) is 18.2 Å². The molecule has 0 unspecified atom stereocenters. The molecule has 0 aliphatic heterocycles. The molecule has 25 heavy (non-hydrogen) atoms. The maximum absolute atomic E-state index is 11.2. The molecule has 4 heteroatoms. The number of rotatable bonds is 10. The molecule has 0 aliphatic carbocycles. The Morgan fingerprint density at radius 2 is 1.64 bits per heavy atom. The molecule has 0 rings (SSSR count). The minimum absolute atomic E-state index is 0.156. The van der Waals surface area contributed by atoms with Crippen LogP contribution in [0.1, 0.15) is 58.8 Å². The molecule has 0 spiro atoms. The van der Waals surface area contributed by atoms with Crippen molar-refractivity contribution in [1.82, 2.24) is 0 Å². The van der Waals surface area contributed by atoms with Crippen LogP contribution in [0.15, 0.2) is 24.3 Å². The van der Waals surface area contributed by atoms with Gasteiger partial charge in [0.2, 0.25) is 0 Å². The van der Waals surface area contributed by atoms with Crippen LogP contribution < -0.4 is 0 Å². The molecule has 0 bridgehead atoms. The van der Waals surface area contributed by atoms with Crippen molar-refractivity contribution < 1.29 is 19.1 Å². The predicted molar refractivity (Wildman–Crippen MR) is 99.4 cm³/mol. The van der Waals surface area contributed by atoms with Gasteiger partial charge >= 0.3 is 11.9 Å². The summed E-state index contributed by atoms with van der Waals surface area (Å²) in [6, 6.07) is 0. The van der Waals surface area contributed by atoms with Crippen LogP contribution >= 0.6 is 0 Å². The molecule has 0 aromatic heterocycles. The smallest absolute Gasteiger partial charge is 0.305 e. The Hall–Kier alpha value is -2.46. The average molecular weight is 344 g/mol. The third kappa shape index (κ3) is 16.2. The zero-order chi connectivity index (χ0) is 18.8. The average Bonchev–Trinajstić information content (AvgIpc) is 2.59. The number of esters is 2. The number of ether oxygens (including phenoxy) is 2. The summed E-state index contributed by atoms with van der Waals surface area (Å²) in [5.74, 6) is 10.5. The molecule has 136 valence electrons. The van der Waals surface area contributed by atoms with Crippen LogP contribution in [0.25, 0.3) is 0 Å². The minimum atomic E-state index is -0.298. The summed E-state index contributed by atoms with van der Waals surface area (Å²) >= 11 is 0. The highest BCUT2D eigenvalue weighted by Gasteiger charge is 2.07. The first-order valence-electron chi connectivity index (χ1n) is 8.63. The normalized spacial score (nSPS) is 11.3. The van der Waals surface area contributed by atoms with Gasteiger partial charge in [-0.05, 0) is 56.3 Å². The van der Waals surface area contributed by atoms with E-state index in [9.17, 15) is 9.59 Å². The number of hydrogen-bond acceptors (Lipinski definition) is 4. The number of methoxy groups -OCH3 is 1. The Labute approximate surface area is 151 Å². The fourth-order valence-corrected chi connectivity index (χ4v) is 2.05. The lowest BCUT2D eigenvalue weighted by Crippen LogP contribution is -2.13. The predicted octanol–water partition coefficient (Wildman–Crippen LogP) is 3.96. The van der Waals surface area contributed by atoms with Crippen LogP contribution in [0.3, 0.4) is 0 Å². The highest BCUT2D eigenvalue weighted by molar-refractivity contribution is 5.69. The van der Waals surface area contributed by atoms with Crippen molar-refractivity contribution in [2.45, 2.75) is 64.9 Å². The number of allylic oxidation sites excluding steroid dienone is 3. The molecule has 1 atom stereocenters. The lowest BCUT2D eigenvalue weighted by Gasteiger charge is -2.12. The molecule has 0 saturated heterocycles. The van der Waals surface area contributed by atoms with Gasteiger partial charge < -0.3 is 9.47 Å². The van der Waals surface area contributed by atoms with Gasteiger partial charge in [-0.15, -0.1) is 0 Å². The molecule has 0 radical (unpaired) electrons. The highest BCUT2D eigenvalue weighted by Crippen LogP contribution is 2.12. The summed E-state index contributed by atoms with van der Waals surface area (Å²) in [6.45, 7) is 3.30. The maximum atomic E-state index is 11.2. The monoisotopic (exact) mass is 344 g/mol. The molecular formula is C21H28O4. The quantitative estimate of drug-likeness (QED) is 0.342. The molecule has 0 aromatic rings. The van der Waals surface area contributed by atoms with E-state index in [-0.39, 0.29) is 18.0 Å². The van der Waals surface area contributed by atoms with Crippen LogP contribution in [0.4, 0.5) is 0 Å². The van der Waals surface area contributed by atoms with Crippen LogP contribution in [-0.4, -0.2) is 25.2 Å². The van der Waals surface area contributed by atoms with Gasteiger partial charge in [0, 0.05) is 13.3 Å². The SMILES string of the molecule is C/C=C\C#CC#C/C=C/[C@@H](CCCCCCCC(=O)OC)OC(C)=O. The van der Waals surface area contributed by atoms with E-state index in [4.69, 9.17) is 4.74 Å². The first-order chi connectivity index (χ1) is 12.1. The van der Waals surface area contributed by atoms with E-state index in [0.717, 1.165) is 38.5 Å². The van der Waals surface area contributed by atoms with Crippen molar-refractivity contribution in [3.05, 3.63) is 24.3 Å². The molecule has 0 aliphatic rings. The first-order valence-corrected chi connectivity index (χ1v) is 8.63. The molecule has 0 amide bonds. The van der Waals surface area contributed by atoms with Gasteiger partial charge in [-0.2, -0.15) is 0 Å². The molecule has 4 nitrogen and oxygen atoms in total. The van der Waals surface area contributed by atoms with Gasteiger partial charge in [0.1, 0.15) is 6.10 Å². The van der Waals surface area contributed by atoms with E-state index in [1.807, 2.05) is 13.0 Å². The topological polar surface area (TPSA) is 52.6 Å². The summed E-state index contributed by atoms with van der Waals surface area (Å²) in [7, 11) is 1.41. The summed E-state index contributed by atoms with van der Waals surface area (Å²) in [5, 5.41) is 0. The Kier molecular flexibility index (Phi) is 14.8. The second-order valence-electron chi connectivity index (χ2n) is 5.43. The van der Waals surface area contributed by atoms with E-state index in [2.05, 4.69) is 28.4 Å². The van der Waals surface area contributed by atoms with Crippen LogP contribution in [-0.2, 0) is 19.1 Å². The summed E-state index contributed by atoms with van der Waals surface area (Å²) in [5.41, 5.74) is 0. The van der Waals surface area contributed by atoms with Crippen molar-refractivity contribution in [3.8, 4) is 23.7 Å². The fourth-order valence-electron chi connectivity index (χ4n) is 2.05. The van der Waals surface area contributed by atoms with Gasteiger partial charge in [-0.25, -0.2) is 0 Å². The molecular weight excluding hydrogens is 316 g/mol. The second kappa shape index (κ2) is 16.4. The standard InChI is InChI=1S/C21H28O4/c1-4-5-6-7-8-10-13-16-20(25-19(2)22)17-14-11-9-12-15-18-21(23)24-3/h4-5,13,16,20H,9,11-12,14-15,17-18H2,1-3H3/b5-4-,16-13+/t20-/m0/s1. The molecule has 0 fully saturated rings. The summed E-state index contributed by atoms with van der Waals surface area (Å²) in [6.07, 6.45) is 12.9. The highest BCUT2D eigenvalue weighted by atomic mass is 16.5. The van der Waals surface area contributed by atoms with Crippen molar-refractivity contribution in [2.24, 2.45) is 0 Å². The van der Waals surface area contributed by atoms with Crippen molar-refractivity contribution >= 4 is 11.9 Å². The Morgan fingerprint density at radius 1 is 1.00 bits per heavy atom. The lowest BCUT2D eigenvalue weighted by molar-refractivity contribution is -0.144. The Balaban J connectivity index is 4.09. The number of unbranched alkanes of at least 4 members (excludes halogenated alkanes) is 4. The van der Waals surface area contributed by atoms with Gasteiger partial charge in [0.25, 0.3) is 0 Å². The van der Waals surface area contributed by atoms with E-state index >= 15 is 0 Å². The third-order valence-corrected chi connectivity index (χ3v) is 3.27. The van der Waals surface area contributed by atoms with E-state index in [1.165, 1.54) is 14.0 Å². The summed E-state index contributed by atoms with van der Waals surface area (Å²) < 4.78 is 9.87. The largest absolute Gasteiger partial charge is 0.469 e. The van der Waals surface area contributed by atoms with Gasteiger partial charge in [0.15, 0.2) is 0 Å².